The third-order valence-electron chi connectivity index (χ3n) is 4.94. The highest BCUT2D eigenvalue weighted by molar-refractivity contribution is 6.42. The van der Waals surface area contributed by atoms with Gasteiger partial charge < -0.3 is 24.8 Å². The standard InChI is InChI=1S/C24H26Cl2N2O5/c1-13(2)11-33-23(29)20-14(3)27-24(30)28-21(20)16-6-5-7-19(31-4)22(16)32-12-15-8-9-17(25)18(26)10-15/h5-10,13,21H,11-12H2,1-4H3,(H2,27,28,30). The van der Waals surface area contributed by atoms with Crippen molar-refractivity contribution in [3.63, 3.8) is 0 Å². The molecule has 0 radical (unpaired) electrons. The van der Waals surface area contributed by atoms with Crippen molar-refractivity contribution in [2.45, 2.75) is 33.4 Å². The van der Waals surface area contributed by atoms with Crippen molar-refractivity contribution in [3.8, 4) is 11.5 Å². The minimum absolute atomic E-state index is 0.166. The highest BCUT2D eigenvalue weighted by Crippen LogP contribution is 2.40. The molecule has 1 aliphatic rings. The number of hydrogen-bond acceptors (Lipinski definition) is 5. The Balaban J connectivity index is 1.99. The molecule has 1 aliphatic heterocycles. The van der Waals surface area contributed by atoms with Gasteiger partial charge in [0.1, 0.15) is 6.61 Å². The summed E-state index contributed by atoms with van der Waals surface area (Å²) in [5.41, 5.74) is 2.05. The molecule has 2 aromatic rings. The number of amides is 2. The molecular weight excluding hydrogens is 467 g/mol. The molecule has 0 aromatic heterocycles. The molecule has 0 bridgehead atoms. The summed E-state index contributed by atoms with van der Waals surface area (Å²) in [5, 5.41) is 6.31. The summed E-state index contributed by atoms with van der Waals surface area (Å²) in [6.07, 6.45) is 0. The first-order chi connectivity index (χ1) is 15.7. The van der Waals surface area contributed by atoms with E-state index in [1.54, 1.807) is 43.3 Å². The highest BCUT2D eigenvalue weighted by Gasteiger charge is 2.35. The number of ether oxygens (including phenoxy) is 3. The number of methoxy groups -OCH3 is 1. The molecular formula is C24H26Cl2N2O5. The Kier molecular flexibility index (Phi) is 8.10. The third kappa shape index (κ3) is 5.92. The highest BCUT2D eigenvalue weighted by atomic mass is 35.5. The number of carbonyl (C=O) groups excluding carboxylic acids is 2. The van der Waals surface area contributed by atoms with Crippen LogP contribution in [0.4, 0.5) is 4.79 Å². The minimum Gasteiger partial charge on any atom is -0.493 e. The Labute approximate surface area is 203 Å². The largest absolute Gasteiger partial charge is 0.493 e. The lowest BCUT2D eigenvalue weighted by Crippen LogP contribution is -2.45. The SMILES string of the molecule is COc1cccc(C2NC(=O)NC(C)=C2C(=O)OCC(C)C)c1OCc1ccc(Cl)c(Cl)c1. The number of nitrogens with one attached hydrogen (secondary N) is 2. The number of halogens is 2. The van der Waals surface area contributed by atoms with Crippen LogP contribution in [-0.4, -0.2) is 25.7 Å². The van der Waals surface area contributed by atoms with Gasteiger partial charge in [0.05, 0.1) is 35.4 Å². The van der Waals surface area contributed by atoms with Crippen molar-refractivity contribution >= 4 is 35.2 Å². The van der Waals surface area contributed by atoms with Crippen LogP contribution < -0.4 is 20.1 Å². The lowest BCUT2D eigenvalue weighted by molar-refractivity contribution is -0.140. The van der Waals surface area contributed by atoms with E-state index in [2.05, 4.69) is 10.6 Å². The summed E-state index contributed by atoms with van der Waals surface area (Å²) < 4.78 is 17.1. The van der Waals surface area contributed by atoms with Crippen LogP contribution in [0, 0.1) is 5.92 Å². The molecule has 176 valence electrons. The number of allylic oxidation sites excluding steroid dienone is 1. The number of urea groups is 1. The monoisotopic (exact) mass is 492 g/mol. The van der Waals surface area contributed by atoms with E-state index in [9.17, 15) is 9.59 Å². The lowest BCUT2D eigenvalue weighted by Gasteiger charge is -2.30. The summed E-state index contributed by atoms with van der Waals surface area (Å²) in [5.74, 6) is 0.492. The van der Waals surface area contributed by atoms with Crippen molar-refractivity contribution in [3.05, 3.63) is 68.8 Å². The number of benzene rings is 2. The Hall–Kier alpha value is -2.90. The summed E-state index contributed by atoms with van der Waals surface area (Å²) in [6.45, 7) is 5.98. The van der Waals surface area contributed by atoms with E-state index in [0.29, 0.717) is 38.4 Å². The molecule has 1 unspecified atom stereocenters. The van der Waals surface area contributed by atoms with Gasteiger partial charge in [0, 0.05) is 11.3 Å². The summed E-state index contributed by atoms with van der Waals surface area (Å²) in [7, 11) is 1.52. The molecule has 0 spiro atoms. The second-order valence-electron chi connectivity index (χ2n) is 7.98. The molecule has 0 aliphatic carbocycles. The Morgan fingerprint density at radius 2 is 1.91 bits per heavy atom. The van der Waals surface area contributed by atoms with Gasteiger partial charge in [0.2, 0.25) is 0 Å². The molecule has 7 nitrogen and oxygen atoms in total. The number of para-hydroxylation sites is 1. The van der Waals surface area contributed by atoms with Gasteiger partial charge in [0.15, 0.2) is 11.5 Å². The van der Waals surface area contributed by atoms with Crippen LogP contribution >= 0.6 is 23.2 Å². The van der Waals surface area contributed by atoms with Crippen molar-refractivity contribution in [1.82, 2.24) is 10.6 Å². The van der Waals surface area contributed by atoms with Crippen LogP contribution in [0.15, 0.2) is 47.7 Å². The van der Waals surface area contributed by atoms with Gasteiger partial charge >= 0.3 is 12.0 Å². The van der Waals surface area contributed by atoms with Gasteiger partial charge in [-0.15, -0.1) is 0 Å². The molecule has 33 heavy (non-hydrogen) atoms. The molecule has 0 saturated heterocycles. The van der Waals surface area contributed by atoms with Crippen molar-refractivity contribution in [2.75, 3.05) is 13.7 Å². The topological polar surface area (TPSA) is 85.9 Å². The molecule has 2 aromatic carbocycles. The van der Waals surface area contributed by atoms with Gasteiger partial charge in [0.25, 0.3) is 0 Å². The molecule has 9 heteroatoms. The zero-order valence-electron chi connectivity index (χ0n) is 18.8. The quantitative estimate of drug-likeness (QED) is 0.481. The van der Waals surface area contributed by atoms with Crippen LogP contribution in [-0.2, 0) is 16.1 Å². The van der Waals surface area contributed by atoms with Crippen LogP contribution in [0.3, 0.4) is 0 Å². The first-order valence-corrected chi connectivity index (χ1v) is 11.2. The van der Waals surface area contributed by atoms with Gasteiger partial charge in [-0.25, -0.2) is 9.59 Å². The van der Waals surface area contributed by atoms with E-state index < -0.39 is 18.0 Å². The lowest BCUT2D eigenvalue weighted by atomic mass is 9.94. The maximum absolute atomic E-state index is 12.9. The Bertz CT molecular complexity index is 1080. The molecule has 2 N–H and O–H groups in total. The molecule has 1 atom stereocenters. The summed E-state index contributed by atoms with van der Waals surface area (Å²) in [6, 6.07) is 9.25. The fourth-order valence-corrected chi connectivity index (χ4v) is 3.70. The number of carbonyl (C=O) groups is 2. The van der Waals surface area contributed by atoms with Crippen molar-refractivity contribution in [2.24, 2.45) is 5.92 Å². The van der Waals surface area contributed by atoms with E-state index in [-0.39, 0.29) is 19.1 Å². The molecule has 0 saturated carbocycles. The second-order valence-corrected chi connectivity index (χ2v) is 8.79. The van der Waals surface area contributed by atoms with Crippen LogP contribution in [0.2, 0.25) is 10.0 Å². The maximum atomic E-state index is 12.9. The van der Waals surface area contributed by atoms with Crippen LogP contribution in [0.5, 0.6) is 11.5 Å². The van der Waals surface area contributed by atoms with Crippen molar-refractivity contribution < 1.29 is 23.8 Å². The maximum Gasteiger partial charge on any atom is 0.338 e. The minimum atomic E-state index is -0.794. The van der Waals surface area contributed by atoms with Gasteiger partial charge in [-0.3, -0.25) is 0 Å². The number of esters is 1. The summed E-state index contributed by atoms with van der Waals surface area (Å²) in [4.78, 5) is 25.2. The molecule has 3 rings (SSSR count). The van der Waals surface area contributed by atoms with Gasteiger partial charge in [-0.1, -0.05) is 55.2 Å². The van der Waals surface area contributed by atoms with Crippen molar-refractivity contribution in [1.29, 1.82) is 0 Å². The number of hydrogen-bond donors (Lipinski definition) is 2. The number of rotatable bonds is 8. The van der Waals surface area contributed by atoms with E-state index in [4.69, 9.17) is 37.4 Å². The fourth-order valence-electron chi connectivity index (χ4n) is 3.38. The normalized spacial score (nSPS) is 15.7. The van der Waals surface area contributed by atoms with Crippen LogP contribution in [0.25, 0.3) is 0 Å². The zero-order valence-corrected chi connectivity index (χ0v) is 20.3. The van der Waals surface area contributed by atoms with E-state index >= 15 is 0 Å². The average Bonchev–Trinajstić information content (AvgIpc) is 2.77. The van der Waals surface area contributed by atoms with E-state index in [0.717, 1.165) is 5.56 Å². The zero-order chi connectivity index (χ0) is 24.1. The Morgan fingerprint density at radius 1 is 1.15 bits per heavy atom. The summed E-state index contributed by atoms with van der Waals surface area (Å²) >= 11 is 12.1. The predicted molar refractivity (Wildman–Crippen MR) is 127 cm³/mol. The molecule has 2 amide bonds. The smallest absolute Gasteiger partial charge is 0.338 e. The molecule has 0 fully saturated rings. The third-order valence-corrected chi connectivity index (χ3v) is 5.68. The Morgan fingerprint density at radius 3 is 2.58 bits per heavy atom. The van der Waals surface area contributed by atoms with Crippen LogP contribution in [0.1, 0.15) is 37.9 Å². The predicted octanol–water partition coefficient (Wildman–Crippen LogP) is 5.41. The second kappa shape index (κ2) is 10.8. The average molecular weight is 493 g/mol. The fraction of sp³-hybridized carbons (Fsp3) is 0.333. The van der Waals surface area contributed by atoms with Gasteiger partial charge in [-0.2, -0.15) is 0 Å². The first kappa shape index (κ1) is 24.7. The molecule has 1 heterocycles. The van der Waals surface area contributed by atoms with E-state index in [1.807, 2.05) is 13.8 Å². The van der Waals surface area contributed by atoms with Gasteiger partial charge in [-0.05, 0) is 36.6 Å². The first-order valence-electron chi connectivity index (χ1n) is 10.4. The van der Waals surface area contributed by atoms with E-state index in [1.165, 1.54) is 7.11 Å².